The van der Waals surface area contributed by atoms with Crippen LogP contribution in [-0.4, -0.2) is 48.1 Å². The summed E-state index contributed by atoms with van der Waals surface area (Å²) in [5.74, 6) is 0.0804. The number of carbonyl (C=O) groups is 2. The first kappa shape index (κ1) is 16.0. The van der Waals surface area contributed by atoms with Crippen LogP contribution in [0.25, 0.3) is 0 Å². The van der Waals surface area contributed by atoms with Gasteiger partial charge in [-0.2, -0.15) is 0 Å². The Balaban J connectivity index is 2.53. The third-order valence-electron chi connectivity index (χ3n) is 2.98. The SMILES string of the molecule is CCCNCC(=O)[C@@H]1CCCN1C(=O)OC(C)(C)C. The molecular weight excluding hydrogens is 244 g/mol. The number of nitrogens with one attached hydrogen (secondary N) is 1. The molecule has 0 aromatic carbocycles. The zero-order valence-corrected chi connectivity index (χ0v) is 12.5. The number of hydrogen-bond donors (Lipinski definition) is 1. The summed E-state index contributed by atoms with van der Waals surface area (Å²) in [6.07, 6.45) is 2.22. The van der Waals surface area contributed by atoms with Crippen molar-refractivity contribution in [3.8, 4) is 0 Å². The molecule has 0 aromatic rings. The van der Waals surface area contributed by atoms with Crippen molar-refractivity contribution in [2.45, 2.75) is 58.6 Å². The van der Waals surface area contributed by atoms with Crippen LogP contribution in [0, 0.1) is 0 Å². The third kappa shape index (κ3) is 5.19. The summed E-state index contributed by atoms with van der Waals surface area (Å²) >= 11 is 0. The van der Waals surface area contributed by atoms with Crippen LogP contribution in [0.1, 0.15) is 47.0 Å². The zero-order valence-electron chi connectivity index (χ0n) is 12.5. The topological polar surface area (TPSA) is 58.6 Å². The monoisotopic (exact) mass is 270 g/mol. The molecule has 0 unspecified atom stereocenters. The van der Waals surface area contributed by atoms with Crippen molar-refractivity contribution >= 4 is 11.9 Å². The van der Waals surface area contributed by atoms with Crippen molar-refractivity contribution in [3.63, 3.8) is 0 Å². The van der Waals surface area contributed by atoms with E-state index in [-0.39, 0.29) is 17.9 Å². The molecule has 1 fully saturated rings. The standard InChI is InChI=1S/C14H26N2O3/c1-5-8-15-10-12(17)11-7-6-9-16(11)13(18)19-14(2,3)4/h11,15H,5-10H2,1-4H3/t11-/m0/s1. The Morgan fingerprint density at radius 1 is 1.37 bits per heavy atom. The number of amides is 1. The minimum absolute atomic E-state index is 0.0804. The van der Waals surface area contributed by atoms with Gasteiger partial charge in [0, 0.05) is 6.54 Å². The molecule has 1 aliphatic rings. The van der Waals surface area contributed by atoms with Crippen LogP contribution in [0.15, 0.2) is 0 Å². The molecule has 0 saturated carbocycles. The predicted molar refractivity (Wildman–Crippen MR) is 74.1 cm³/mol. The molecule has 0 aliphatic carbocycles. The van der Waals surface area contributed by atoms with Crippen molar-refractivity contribution in [1.29, 1.82) is 0 Å². The molecular formula is C14H26N2O3. The van der Waals surface area contributed by atoms with Crippen LogP contribution in [0.5, 0.6) is 0 Å². The number of Topliss-reactive ketones (excluding diaryl/α,β-unsaturated/α-hetero) is 1. The average molecular weight is 270 g/mol. The molecule has 5 nitrogen and oxygen atoms in total. The van der Waals surface area contributed by atoms with Gasteiger partial charge in [0.1, 0.15) is 5.60 Å². The molecule has 0 radical (unpaired) electrons. The molecule has 5 heteroatoms. The minimum Gasteiger partial charge on any atom is -0.444 e. The summed E-state index contributed by atoms with van der Waals surface area (Å²) in [7, 11) is 0. The van der Waals surface area contributed by atoms with Crippen LogP contribution in [0.3, 0.4) is 0 Å². The Morgan fingerprint density at radius 3 is 2.63 bits per heavy atom. The number of ketones is 1. The smallest absolute Gasteiger partial charge is 0.410 e. The molecule has 1 aliphatic heterocycles. The zero-order chi connectivity index (χ0) is 14.5. The lowest BCUT2D eigenvalue weighted by Gasteiger charge is -2.28. The van der Waals surface area contributed by atoms with Gasteiger partial charge in [0.15, 0.2) is 5.78 Å². The van der Waals surface area contributed by atoms with E-state index in [9.17, 15) is 9.59 Å². The van der Waals surface area contributed by atoms with E-state index in [1.54, 1.807) is 4.90 Å². The summed E-state index contributed by atoms with van der Waals surface area (Å²) in [6, 6.07) is -0.320. The highest BCUT2D eigenvalue weighted by molar-refractivity contribution is 5.89. The maximum Gasteiger partial charge on any atom is 0.410 e. The average Bonchev–Trinajstić information content (AvgIpc) is 2.75. The van der Waals surface area contributed by atoms with Gasteiger partial charge in [-0.25, -0.2) is 4.79 Å². The van der Waals surface area contributed by atoms with Crippen molar-refractivity contribution in [2.75, 3.05) is 19.6 Å². The van der Waals surface area contributed by atoms with E-state index in [1.807, 2.05) is 20.8 Å². The number of ether oxygens (including phenoxy) is 1. The number of nitrogens with zero attached hydrogens (tertiary/aromatic N) is 1. The summed E-state index contributed by atoms with van der Waals surface area (Å²) in [6.45, 7) is 9.32. The maximum absolute atomic E-state index is 12.1. The molecule has 0 spiro atoms. The van der Waals surface area contributed by atoms with Gasteiger partial charge in [-0.15, -0.1) is 0 Å². The Hall–Kier alpha value is -1.10. The molecule has 0 bridgehead atoms. The second-order valence-electron chi connectivity index (χ2n) is 5.97. The fourth-order valence-electron chi connectivity index (χ4n) is 2.15. The number of likely N-dealkylation sites (tertiary alicyclic amines) is 1. The molecule has 1 N–H and O–H groups in total. The summed E-state index contributed by atoms with van der Waals surface area (Å²) < 4.78 is 5.34. The maximum atomic E-state index is 12.1. The molecule has 1 rings (SSSR count). The van der Waals surface area contributed by atoms with Crippen LogP contribution in [0.2, 0.25) is 0 Å². The van der Waals surface area contributed by atoms with Gasteiger partial charge in [0.2, 0.25) is 0 Å². The summed E-state index contributed by atoms with van der Waals surface area (Å²) in [4.78, 5) is 25.7. The molecule has 1 heterocycles. The first-order chi connectivity index (χ1) is 8.85. The van der Waals surface area contributed by atoms with Crippen LogP contribution in [-0.2, 0) is 9.53 Å². The Morgan fingerprint density at radius 2 is 2.05 bits per heavy atom. The lowest BCUT2D eigenvalue weighted by atomic mass is 10.1. The normalized spacial score (nSPS) is 19.6. The fourth-order valence-corrected chi connectivity index (χ4v) is 2.15. The molecule has 1 amide bonds. The van der Waals surface area contributed by atoms with Crippen molar-refractivity contribution in [2.24, 2.45) is 0 Å². The first-order valence-electron chi connectivity index (χ1n) is 7.08. The first-order valence-corrected chi connectivity index (χ1v) is 7.08. The number of hydrogen-bond acceptors (Lipinski definition) is 4. The summed E-state index contributed by atoms with van der Waals surface area (Å²) in [5.41, 5.74) is -0.520. The second kappa shape index (κ2) is 6.89. The van der Waals surface area contributed by atoms with E-state index < -0.39 is 5.60 Å². The summed E-state index contributed by atoms with van der Waals surface area (Å²) in [5, 5.41) is 3.09. The van der Waals surface area contributed by atoms with Crippen molar-refractivity contribution in [3.05, 3.63) is 0 Å². The van der Waals surface area contributed by atoms with Gasteiger partial charge in [-0.3, -0.25) is 9.69 Å². The lowest BCUT2D eigenvalue weighted by Crippen LogP contribution is -2.45. The van der Waals surface area contributed by atoms with Gasteiger partial charge < -0.3 is 10.1 Å². The van der Waals surface area contributed by atoms with E-state index in [4.69, 9.17) is 4.74 Å². The highest BCUT2D eigenvalue weighted by Gasteiger charge is 2.35. The Bertz CT molecular complexity index is 323. The van der Waals surface area contributed by atoms with Crippen molar-refractivity contribution < 1.29 is 14.3 Å². The predicted octanol–water partition coefficient (Wildman–Crippen LogP) is 1.95. The van der Waals surface area contributed by atoms with E-state index in [2.05, 4.69) is 12.2 Å². The molecule has 19 heavy (non-hydrogen) atoms. The van der Waals surface area contributed by atoms with Gasteiger partial charge >= 0.3 is 6.09 Å². The number of carbonyl (C=O) groups excluding carboxylic acids is 2. The quantitative estimate of drug-likeness (QED) is 0.776. The van der Waals surface area contributed by atoms with Crippen LogP contribution < -0.4 is 5.32 Å². The van der Waals surface area contributed by atoms with Crippen LogP contribution in [0.4, 0.5) is 4.79 Å². The Kier molecular flexibility index (Phi) is 5.79. The highest BCUT2D eigenvalue weighted by Crippen LogP contribution is 2.21. The molecule has 0 aromatic heterocycles. The fraction of sp³-hybridized carbons (Fsp3) is 0.857. The molecule has 1 saturated heterocycles. The van der Waals surface area contributed by atoms with E-state index >= 15 is 0 Å². The third-order valence-corrected chi connectivity index (χ3v) is 2.98. The van der Waals surface area contributed by atoms with Crippen molar-refractivity contribution in [1.82, 2.24) is 10.2 Å². The molecule has 110 valence electrons. The highest BCUT2D eigenvalue weighted by atomic mass is 16.6. The largest absolute Gasteiger partial charge is 0.444 e. The number of rotatable bonds is 5. The Labute approximate surface area is 115 Å². The van der Waals surface area contributed by atoms with E-state index in [1.165, 1.54) is 0 Å². The van der Waals surface area contributed by atoms with Gasteiger partial charge in [-0.1, -0.05) is 6.92 Å². The van der Waals surface area contributed by atoms with Gasteiger partial charge in [0.05, 0.1) is 12.6 Å². The van der Waals surface area contributed by atoms with Gasteiger partial charge in [0.25, 0.3) is 0 Å². The van der Waals surface area contributed by atoms with Crippen LogP contribution >= 0.6 is 0 Å². The van der Waals surface area contributed by atoms with Gasteiger partial charge in [-0.05, 0) is 46.6 Å². The lowest BCUT2D eigenvalue weighted by molar-refractivity contribution is -0.122. The van der Waals surface area contributed by atoms with E-state index in [0.29, 0.717) is 13.1 Å². The minimum atomic E-state index is -0.520. The second-order valence-corrected chi connectivity index (χ2v) is 5.97. The van der Waals surface area contributed by atoms with E-state index in [0.717, 1.165) is 25.8 Å². The molecule has 1 atom stereocenters.